The van der Waals surface area contributed by atoms with Crippen molar-refractivity contribution in [3.8, 4) is 0 Å². The summed E-state index contributed by atoms with van der Waals surface area (Å²) in [6.45, 7) is 1.18. The first kappa shape index (κ1) is 28.6. The van der Waals surface area contributed by atoms with Gasteiger partial charge in [-0.2, -0.15) is 11.8 Å². The standard InChI is InChI=1S/C22H37N7O5S/c1-35-10-7-16(20(31)28-17(22(33)34)5-2-3-8-23)27-21(32)18(11-14-12-24-13-26-14)29-19(30)15-6-4-9-25-15/h12-13,15-18,25H,2-11,23H2,1H3,(H,24,26)(H,27,32)(H,28,31)(H,29,30)(H,33,34). The maximum atomic E-state index is 13.2. The summed E-state index contributed by atoms with van der Waals surface area (Å²) >= 11 is 1.50. The minimum atomic E-state index is -1.14. The van der Waals surface area contributed by atoms with E-state index in [1.54, 1.807) is 6.20 Å². The summed E-state index contributed by atoms with van der Waals surface area (Å²) in [7, 11) is 0. The third-order valence-corrected chi connectivity index (χ3v) is 6.44. The maximum absolute atomic E-state index is 13.2. The Hall–Kier alpha value is -2.64. The summed E-state index contributed by atoms with van der Waals surface area (Å²) < 4.78 is 0. The van der Waals surface area contributed by atoms with Crippen LogP contribution in [0.1, 0.15) is 44.2 Å². The van der Waals surface area contributed by atoms with Gasteiger partial charge in [-0.05, 0) is 63.6 Å². The van der Waals surface area contributed by atoms with E-state index in [0.29, 0.717) is 43.7 Å². The number of rotatable bonds is 16. The van der Waals surface area contributed by atoms with Crippen LogP contribution in [-0.4, -0.2) is 88.0 Å². The van der Waals surface area contributed by atoms with Gasteiger partial charge in [0.1, 0.15) is 18.1 Å². The summed E-state index contributed by atoms with van der Waals surface area (Å²) in [6.07, 6.45) is 8.41. The van der Waals surface area contributed by atoms with Crippen molar-refractivity contribution in [1.82, 2.24) is 31.2 Å². The SMILES string of the molecule is CSCCC(NC(=O)C(Cc1cnc[nH]1)NC(=O)C1CCCN1)C(=O)NC(CCCCN)C(=O)O. The number of nitrogens with two attached hydrogens (primary N) is 1. The molecule has 0 bridgehead atoms. The Morgan fingerprint density at radius 3 is 2.49 bits per heavy atom. The summed E-state index contributed by atoms with van der Waals surface area (Å²) in [6, 6.07) is -3.32. The van der Waals surface area contributed by atoms with Crippen LogP contribution in [0.15, 0.2) is 12.5 Å². The fourth-order valence-corrected chi connectivity index (χ4v) is 4.28. The second kappa shape index (κ2) is 15.4. The zero-order valence-corrected chi connectivity index (χ0v) is 20.9. The number of carbonyl (C=O) groups excluding carboxylic acids is 3. The van der Waals surface area contributed by atoms with Crippen LogP contribution in [-0.2, 0) is 25.6 Å². The smallest absolute Gasteiger partial charge is 0.326 e. The number of carboxylic acids is 1. The van der Waals surface area contributed by atoms with E-state index in [2.05, 4.69) is 31.2 Å². The number of aliphatic carboxylic acids is 1. The van der Waals surface area contributed by atoms with Gasteiger partial charge in [-0.25, -0.2) is 9.78 Å². The van der Waals surface area contributed by atoms with E-state index in [1.165, 1.54) is 18.1 Å². The van der Waals surface area contributed by atoms with E-state index in [0.717, 1.165) is 13.0 Å². The molecule has 0 spiro atoms. The first-order valence-corrected chi connectivity index (χ1v) is 13.3. The molecule has 4 atom stereocenters. The molecular weight excluding hydrogens is 474 g/mol. The number of aromatic nitrogens is 2. The van der Waals surface area contributed by atoms with Gasteiger partial charge in [-0.1, -0.05) is 0 Å². The number of carbonyl (C=O) groups is 4. The van der Waals surface area contributed by atoms with E-state index in [9.17, 15) is 24.3 Å². The van der Waals surface area contributed by atoms with Gasteiger partial charge in [-0.3, -0.25) is 14.4 Å². The molecule has 0 aliphatic carbocycles. The predicted octanol–water partition coefficient (Wildman–Crippen LogP) is -0.875. The lowest BCUT2D eigenvalue weighted by molar-refractivity contribution is -0.142. The first-order chi connectivity index (χ1) is 16.8. The summed E-state index contributed by atoms with van der Waals surface area (Å²) in [5, 5.41) is 20.7. The molecule has 0 aromatic carbocycles. The van der Waals surface area contributed by atoms with Gasteiger partial charge >= 0.3 is 5.97 Å². The lowest BCUT2D eigenvalue weighted by Crippen LogP contribution is -2.57. The molecule has 8 N–H and O–H groups in total. The molecule has 1 aromatic heterocycles. The van der Waals surface area contributed by atoms with Crippen molar-refractivity contribution in [3.05, 3.63) is 18.2 Å². The second-order valence-electron chi connectivity index (χ2n) is 8.52. The molecule has 1 aliphatic rings. The average molecular weight is 512 g/mol. The highest BCUT2D eigenvalue weighted by Crippen LogP contribution is 2.09. The highest BCUT2D eigenvalue weighted by Gasteiger charge is 2.31. The third kappa shape index (κ3) is 9.86. The Labute approximate surface area is 209 Å². The van der Waals surface area contributed by atoms with Crippen molar-refractivity contribution in [2.24, 2.45) is 5.73 Å². The Kier molecular flexibility index (Phi) is 12.6. The second-order valence-corrected chi connectivity index (χ2v) is 9.50. The molecule has 4 unspecified atom stereocenters. The summed E-state index contributed by atoms with van der Waals surface area (Å²) in [5.41, 5.74) is 6.13. The molecule has 3 amide bonds. The van der Waals surface area contributed by atoms with E-state index in [4.69, 9.17) is 5.73 Å². The molecular formula is C22H37N7O5S. The van der Waals surface area contributed by atoms with Gasteiger partial charge in [0.15, 0.2) is 0 Å². The van der Waals surface area contributed by atoms with Crippen LogP contribution < -0.4 is 27.0 Å². The molecule has 1 saturated heterocycles. The number of nitrogens with one attached hydrogen (secondary N) is 5. The van der Waals surface area contributed by atoms with Crippen molar-refractivity contribution in [1.29, 1.82) is 0 Å². The Morgan fingerprint density at radius 2 is 1.89 bits per heavy atom. The minimum absolute atomic E-state index is 0.165. The van der Waals surface area contributed by atoms with Crippen LogP contribution in [0.4, 0.5) is 0 Å². The fourth-order valence-electron chi connectivity index (χ4n) is 3.81. The fraction of sp³-hybridized carbons (Fsp3) is 0.682. The van der Waals surface area contributed by atoms with Crippen LogP contribution >= 0.6 is 11.8 Å². The van der Waals surface area contributed by atoms with Gasteiger partial charge in [0.05, 0.1) is 12.4 Å². The number of imidazole rings is 1. The number of H-pyrrole nitrogens is 1. The van der Waals surface area contributed by atoms with E-state index in [-0.39, 0.29) is 24.8 Å². The largest absolute Gasteiger partial charge is 0.480 e. The van der Waals surface area contributed by atoms with E-state index < -0.39 is 35.9 Å². The van der Waals surface area contributed by atoms with Crippen molar-refractivity contribution in [2.45, 2.75) is 69.1 Å². The number of thioether (sulfide) groups is 1. The van der Waals surface area contributed by atoms with Crippen LogP contribution in [0.3, 0.4) is 0 Å². The number of hydrogen-bond donors (Lipinski definition) is 7. The number of carboxylic acid groups (broad SMARTS) is 1. The quantitative estimate of drug-likeness (QED) is 0.138. The predicted molar refractivity (Wildman–Crippen MR) is 133 cm³/mol. The molecule has 13 heteroatoms. The van der Waals surface area contributed by atoms with Gasteiger partial charge in [0.2, 0.25) is 17.7 Å². The maximum Gasteiger partial charge on any atom is 0.326 e. The van der Waals surface area contributed by atoms with Gasteiger partial charge in [-0.15, -0.1) is 0 Å². The van der Waals surface area contributed by atoms with Crippen molar-refractivity contribution >= 4 is 35.5 Å². The third-order valence-electron chi connectivity index (χ3n) is 5.79. The number of amides is 3. The normalized spacial score (nSPS) is 17.8. The molecule has 35 heavy (non-hydrogen) atoms. The number of unbranched alkanes of at least 4 members (excludes halogenated alkanes) is 1. The van der Waals surface area contributed by atoms with Crippen LogP contribution in [0, 0.1) is 0 Å². The molecule has 1 aliphatic heterocycles. The van der Waals surface area contributed by atoms with Crippen molar-refractivity contribution in [2.75, 3.05) is 25.1 Å². The first-order valence-electron chi connectivity index (χ1n) is 11.9. The Bertz CT molecular complexity index is 817. The Balaban J connectivity index is 2.09. The topological polar surface area (TPSA) is 191 Å². The average Bonchev–Trinajstić information content (AvgIpc) is 3.55. The van der Waals surface area contributed by atoms with Gasteiger partial charge in [0.25, 0.3) is 0 Å². The highest BCUT2D eigenvalue weighted by atomic mass is 32.2. The van der Waals surface area contributed by atoms with E-state index in [1.807, 2.05) is 6.26 Å². The monoisotopic (exact) mass is 511 g/mol. The Morgan fingerprint density at radius 1 is 1.14 bits per heavy atom. The lowest BCUT2D eigenvalue weighted by Gasteiger charge is -2.25. The summed E-state index contributed by atoms with van der Waals surface area (Å²) in [5.74, 6) is -1.94. The number of hydrogen-bond acceptors (Lipinski definition) is 8. The van der Waals surface area contributed by atoms with Crippen LogP contribution in [0.5, 0.6) is 0 Å². The van der Waals surface area contributed by atoms with E-state index >= 15 is 0 Å². The zero-order chi connectivity index (χ0) is 25.6. The minimum Gasteiger partial charge on any atom is -0.480 e. The van der Waals surface area contributed by atoms with Gasteiger partial charge < -0.3 is 37.1 Å². The number of nitrogens with zero attached hydrogens (tertiary/aromatic N) is 1. The molecule has 0 radical (unpaired) electrons. The molecule has 1 fully saturated rings. The molecule has 12 nitrogen and oxygen atoms in total. The number of aromatic amines is 1. The zero-order valence-electron chi connectivity index (χ0n) is 20.0. The molecule has 0 saturated carbocycles. The lowest BCUT2D eigenvalue weighted by atomic mass is 10.1. The van der Waals surface area contributed by atoms with Gasteiger partial charge in [0, 0.05) is 18.3 Å². The van der Waals surface area contributed by atoms with Crippen molar-refractivity contribution in [3.63, 3.8) is 0 Å². The van der Waals surface area contributed by atoms with Crippen LogP contribution in [0.25, 0.3) is 0 Å². The van der Waals surface area contributed by atoms with Crippen molar-refractivity contribution < 1.29 is 24.3 Å². The molecule has 196 valence electrons. The summed E-state index contributed by atoms with van der Waals surface area (Å²) in [4.78, 5) is 57.4. The van der Waals surface area contributed by atoms with Crippen LogP contribution in [0.2, 0.25) is 0 Å². The molecule has 1 aromatic rings. The molecule has 2 rings (SSSR count). The highest BCUT2D eigenvalue weighted by molar-refractivity contribution is 7.98. The molecule has 2 heterocycles.